The number of piperazine rings is 1. The van der Waals surface area contributed by atoms with Crippen LogP contribution in [0.3, 0.4) is 0 Å². The van der Waals surface area contributed by atoms with Crippen LogP contribution >= 0.6 is 22.9 Å². The average Bonchev–Trinajstić information content (AvgIpc) is 3.30. The van der Waals surface area contributed by atoms with Crippen molar-refractivity contribution in [1.82, 2.24) is 14.8 Å². The van der Waals surface area contributed by atoms with Crippen LogP contribution in [-0.2, 0) is 20.9 Å². The van der Waals surface area contributed by atoms with Gasteiger partial charge in [-0.15, -0.1) is 11.3 Å². The summed E-state index contributed by atoms with van der Waals surface area (Å²) in [6.45, 7) is 1.24. The largest absolute Gasteiger partial charge is 0.483 e. The van der Waals surface area contributed by atoms with E-state index in [1.165, 1.54) is 23.3 Å². The molecule has 0 saturated carbocycles. The smallest absolute Gasteiger partial charge is 0.261 e. The maximum atomic E-state index is 13.2. The molecule has 1 fully saturated rings. The highest BCUT2D eigenvalue weighted by molar-refractivity contribution is 7.14. The zero-order valence-corrected chi connectivity index (χ0v) is 21.1. The summed E-state index contributed by atoms with van der Waals surface area (Å²) < 4.78 is 16.5. The van der Waals surface area contributed by atoms with Crippen molar-refractivity contribution in [3.05, 3.63) is 63.9 Å². The number of carbonyl (C=O) groups is 2. The van der Waals surface area contributed by atoms with Crippen LogP contribution in [0.5, 0.6) is 11.6 Å². The third kappa shape index (κ3) is 6.11. The number of nitrogens with zero attached hydrogens (tertiary/aromatic N) is 3. The summed E-state index contributed by atoms with van der Waals surface area (Å²) in [5, 5.41) is 1.74. The van der Waals surface area contributed by atoms with E-state index in [1.807, 2.05) is 36.4 Å². The first-order valence-corrected chi connectivity index (χ1v) is 12.3. The van der Waals surface area contributed by atoms with Crippen LogP contribution in [-0.4, -0.2) is 73.2 Å². The Balaban J connectivity index is 1.38. The van der Waals surface area contributed by atoms with Gasteiger partial charge in [0.2, 0.25) is 11.8 Å². The Morgan fingerprint density at radius 3 is 2.54 bits per heavy atom. The molecule has 1 aromatic carbocycles. The zero-order valence-electron chi connectivity index (χ0n) is 19.5. The Hall–Kier alpha value is -3.14. The third-order valence-electron chi connectivity index (χ3n) is 5.74. The fourth-order valence-electron chi connectivity index (χ4n) is 3.91. The SMILES string of the molecule is COC[C@H]1C(=O)N(Cc2ccc(-c3ccc(OC)nc3)cc2)CCN1C(=O)COc1csc(Cl)c1. The molecule has 184 valence electrons. The molecule has 0 aliphatic carbocycles. The molecule has 1 aliphatic heterocycles. The van der Waals surface area contributed by atoms with Gasteiger partial charge in [0, 0.05) is 56.0 Å². The molecule has 10 heteroatoms. The van der Waals surface area contributed by atoms with E-state index in [2.05, 4.69) is 4.98 Å². The summed E-state index contributed by atoms with van der Waals surface area (Å²) >= 11 is 7.24. The van der Waals surface area contributed by atoms with Gasteiger partial charge in [0.25, 0.3) is 5.91 Å². The van der Waals surface area contributed by atoms with E-state index in [1.54, 1.807) is 29.7 Å². The molecule has 4 rings (SSSR count). The Bertz CT molecular complexity index is 1150. The van der Waals surface area contributed by atoms with Crippen molar-refractivity contribution in [3.63, 3.8) is 0 Å². The van der Waals surface area contributed by atoms with Gasteiger partial charge in [-0.1, -0.05) is 35.9 Å². The molecule has 1 atom stereocenters. The number of halogens is 1. The number of hydrogen-bond acceptors (Lipinski definition) is 7. The lowest BCUT2D eigenvalue weighted by Gasteiger charge is -2.40. The lowest BCUT2D eigenvalue weighted by Crippen LogP contribution is -2.60. The average molecular weight is 516 g/mol. The Morgan fingerprint density at radius 2 is 1.91 bits per heavy atom. The molecule has 1 saturated heterocycles. The van der Waals surface area contributed by atoms with Gasteiger partial charge < -0.3 is 24.0 Å². The van der Waals surface area contributed by atoms with Gasteiger partial charge in [-0.2, -0.15) is 0 Å². The minimum absolute atomic E-state index is 0.120. The lowest BCUT2D eigenvalue weighted by molar-refractivity contribution is -0.155. The quantitative estimate of drug-likeness (QED) is 0.432. The molecule has 0 radical (unpaired) electrons. The van der Waals surface area contributed by atoms with Crippen LogP contribution in [0.2, 0.25) is 4.34 Å². The number of hydrogen-bond donors (Lipinski definition) is 0. The standard InChI is InChI=1S/C25H26ClN3O5S/c1-32-14-21-25(31)28(9-10-29(21)24(30)15-34-20-11-22(26)35-16-20)13-17-3-5-18(6-4-17)19-7-8-23(33-2)27-12-19/h3-8,11-12,16,21H,9-10,13-15H2,1-2H3/t21-/m0/s1. The van der Waals surface area contributed by atoms with Crippen molar-refractivity contribution in [2.24, 2.45) is 0 Å². The van der Waals surface area contributed by atoms with E-state index in [0.717, 1.165) is 16.7 Å². The highest BCUT2D eigenvalue weighted by Crippen LogP contribution is 2.26. The van der Waals surface area contributed by atoms with Gasteiger partial charge in [-0.3, -0.25) is 9.59 Å². The molecule has 35 heavy (non-hydrogen) atoms. The maximum Gasteiger partial charge on any atom is 0.261 e. The summed E-state index contributed by atoms with van der Waals surface area (Å²) in [5.41, 5.74) is 3.00. The number of thiophene rings is 1. The number of benzene rings is 1. The van der Waals surface area contributed by atoms with Crippen LogP contribution in [0, 0.1) is 0 Å². The molecule has 3 heterocycles. The fourth-order valence-corrected chi connectivity index (χ4v) is 4.70. The molecule has 8 nitrogen and oxygen atoms in total. The van der Waals surface area contributed by atoms with Gasteiger partial charge >= 0.3 is 0 Å². The van der Waals surface area contributed by atoms with Crippen molar-refractivity contribution in [2.45, 2.75) is 12.6 Å². The molecule has 2 amide bonds. The first kappa shape index (κ1) is 25.0. The number of rotatable bonds is 9. The van der Waals surface area contributed by atoms with Gasteiger partial charge in [0.15, 0.2) is 6.61 Å². The minimum atomic E-state index is -0.694. The molecule has 0 N–H and O–H groups in total. The van der Waals surface area contributed by atoms with Crippen LogP contribution < -0.4 is 9.47 Å². The second-order valence-electron chi connectivity index (χ2n) is 7.98. The van der Waals surface area contributed by atoms with E-state index in [4.69, 9.17) is 25.8 Å². The molecule has 2 aromatic heterocycles. The van der Waals surface area contributed by atoms with Crippen molar-refractivity contribution in [1.29, 1.82) is 0 Å². The summed E-state index contributed by atoms with van der Waals surface area (Å²) in [6.07, 6.45) is 1.76. The van der Waals surface area contributed by atoms with E-state index >= 15 is 0 Å². The van der Waals surface area contributed by atoms with Gasteiger partial charge in [0.05, 0.1) is 18.1 Å². The highest BCUT2D eigenvalue weighted by atomic mass is 35.5. The number of ether oxygens (including phenoxy) is 3. The van der Waals surface area contributed by atoms with Gasteiger partial charge in [0.1, 0.15) is 11.8 Å². The summed E-state index contributed by atoms with van der Waals surface area (Å²) in [5.74, 6) is 0.693. The normalized spacial score (nSPS) is 15.9. The molecule has 0 unspecified atom stereocenters. The minimum Gasteiger partial charge on any atom is -0.483 e. The Kier molecular flexibility index (Phi) is 8.22. The first-order valence-electron chi connectivity index (χ1n) is 11.0. The zero-order chi connectivity index (χ0) is 24.8. The Morgan fingerprint density at radius 1 is 1.14 bits per heavy atom. The molecule has 0 bridgehead atoms. The van der Waals surface area contributed by atoms with E-state index < -0.39 is 6.04 Å². The van der Waals surface area contributed by atoms with Crippen molar-refractivity contribution in [2.75, 3.05) is 40.5 Å². The van der Waals surface area contributed by atoms with Crippen LogP contribution in [0.4, 0.5) is 0 Å². The highest BCUT2D eigenvalue weighted by Gasteiger charge is 2.37. The van der Waals surface area contributed by atoms with Gasteiger partial charge in [-0.05, 0) is 17.2 Å². The van der Waals surface area contributed by atoms with Crippen LogP contribution in [0.15, 0.2) is 54.0 Å². The Labute approximate surface area is 213 Å². The summed E-state index contributed by atoms with van der Waals surface area (Å²) in [6, 6.07) is 12.7. The summed E-state index contributed by atoms with van der Waals surface area (Å²) in [4.78, 5) is 33.6. The number of aromatic nitrogens is 1. The number of pyridine rings is 1. The number of amides is 2. The van der Waals surface area contributed by atoms with E-state index in [9.17, 15) is 9.59 Å². The predicted octanol–water partition coefficient (Wildman–Crippen LogP) is 3.74. The van der Waals surface area contributed by atoms with Crippen LogP contribution in [0.25, 0.3) is 11.1 Å². The molecule has 0 spiro atoms. The fraction of sp³-hybridized carbons (Fsp3) is 0.320. The third-order valence-corrected chi connectivity index (χ3v) is 6.81. The maximum absolute atomic E-state index is 13.2. The van der Waals surface area contributed by atoms with Crippen LogP contribution in [0.1, 0.15) is 5.56 Å². The van der Waals surface area contributed by atoms with Crippen molar-refractivity contribution < 1.29 is 23.8 Å². The topological polar surface area (TPSA) is 81.2 Å². The van der Waals surface area contributed by atoms with E-state index in [-0.39, 0.29) is 25.0 Å². The molecule has 3 aromatic rings. The van der Waals surface area contributed by atoms with Gasteiger partial charge in [-0.25, -0.2) is 4.98 Å². The van der Waals surface area contributed by atoms with E-state index in [0.29, 0.717) is 35.6 Å². The monoisotopic (exact) mass is 515 g/mol. The number of methoxy groups -OCH3 is 2. The second kappa shape index (κ2) is 11.5. The molecular formula is C25H26ClN3O5S. The molecular weight excluding hydrogens is 490 g/mol. The summed E-state index contributed by atoms with van der Waals surface area (Å²) in [7, 11) is 3.10. The van der Waals surface area contributed by atoms with Crippen molar-refractivity contribution >= 4 is 34.8 Å². The number of carbonyl (C=O) groups excluding carboxylic acids is 2. The first-order chi connectivity index (χ1) is 17.0. The second-order valence-corrected chi connectivity index (χ2v) is 9.52. The van der Waals surface area contributed by atoms with Crippen molar-refractivity contribution in [3.8, 4) is 22.8 Å². The lowest BCUT2D eigenvalue weighted by atomic mass is 10.0. The predicted molar refractivity (Wildman–Crippen MR) is 134 cm³/mol. The molecule has 1 aliphatic rings.